The summed E-state index contributed by atoms with van der Waals surface area (Å²) in [5, 5.41) is 10.5. The SMILES string of the molecule is O=C1CC[C@]2(CCCN(C(=O)c3cc(Cl)ccc3O)C2)CN1CC1CC1. The highest BCUT2D eigenvalue weighted by molar-refractivity contribution is 6.31. The number of likely N-dealkylation sites (tertiary alicyclic amines) is 2. The molecule has 2 saturated heterocycles. The highest BCUT2D eigenvalue weighted by Crippen LogP contribution is 2.41. The van der Waals surface area contributed by atoms with E-state index in [1.807, 2.05) is 9.80 Å². The molecule has 1 aromatic carbocycles. The maximum atomic E-state index is 13.0. The lowest BCUT2D eigenvalue weighted by Gasteiger charge is -2.48. The van der Waals surface area contributed by atoms with E-state index in [2.05, 4.69) is 0 Å². The molecule has 1 aromatic rings. The van der Waals surface area contributed by atoms with Crippen LogP contribution in [0.1, 0.15) is 48.9 Å². The third-order valence-electron chi connectivity index (χ3n) is 6.06. The Labute approximate surface area is 158 Å². The number of phenolic OH excluding ortho intramolecular Hbond substituents is 1. The Hall–Kier alpha value is -1.75. The van der Waals surface area contributed by atoms with E-state index < -0.39 is 0 Å². The number of rotatable bonds is 3. The van der Waals surface area contributed by atoms with Gasteiger partial charge in [-0.15, -0.1) is 0 Å². The molecule has 1 aliphatic carbocycles. The van der Waals surface area contributed by atoms with Gasteiger partial charge in [-0.2, -0.15) is 0 Å². The first kappa shape index (κ1) is 17.7. The van der Waals surface area contributed by atoms with E-state index in [-0.39, 0.29) is 28.5 Å². The molecule has 0 radical (unpaired) electrons. The lowest BCUT2D eigenvalue weighted by Crippen LogP contribution is -2.55. The van der Waals surface area contributed by atoms with Gasteiger partial charge in [0.05, 0.1) is 5.56 Å². The van der Waals surface area contributed by atoms with Crippen molar-refractivity contribution in [1.82, 2.24) is 9.80 Å². The number of nitrogens with zero attached hydrogens (tertiary/aromatic N) is 2. The minimum absolute atomic E-state index is 0.00902. The second kappa shape index (κ2) is 6.76. The molecule has 3 aliphatic rings. The summed E-state index contributed by atoms with van der Waals surface area (Å²) in [4.78, 5) is 29.1. The molecule has 0 aromatic heterocycles. The Bertz CT molecular complexity index is 734. The largest absolute Gasteiger partial charge is 0.507 e. The fourth-order valence-electron chi connectivity index (χ4n) is 4.45. The molecule has 2 aliphatic heterocycles. The summed E-state index contributed by atoms with van der Waals surface area (Å²) in [6, 6.07) is 4.57. The molecule has 1 atom stereocenters. The van der Waals surface area contributed by atoms with Crippen LogP contribution in [0.15, 0.2) is 18.2 Å². The molecule has 2 amide bonds. The number of carbonyl (C=O) groups excluding carboxylic acids is 2. The number of halogens is 1. The van der Waals surface area contributed by atoms with Gasteiger partial charge < -0.3 is 14.9 Å². The summed E-state index contributed by atoms with van der Waals surface area (Å²) >= 11 is 6.01. The summed E-state index contributed by atoms with van der Waals surface area (Å²) in [6.07, 6.45) is 5.87. The first-order chi connectivity index (χ1) is 12.5. The molecule has 1 spiro atoms. The Morgan fingerprint density at radius 3 is 2.85 bits per heavy atom. The Balaban J connectivity index is 1.50. The van der Waals surface area contributed by atoms with Crippen LogP contribution in [0.3, 0.4) is 0 Å². The fourth-order valence-corrected chi connectivity index (χ4v) is 4.62. The van der Waals surface area contributed by atoms with Crippen molar-refractivity contribution in [2.45, 2.75) is 38.5 Å². The maximum absolute atomic E-state index is 13.0. The summed E-state index contributed by atoms with van der Waals surface area (Å²) < 4.78 is 0. The zero-order valence-electron chi connectivity index (χ0n) is 14.9. The third-order valence-corrected chi connectivity index (χ3v) is 6.30. The maximum Gasteiger partial charge on any atom is 0.257 e. The molecule has 1 N–H and O–H groups in total. The van der Waals surface area contributed by atoms with Crippen molar-refractivity contribution in [2.75, 3.05) is 26.2 Å². The van der Waals surface area contributed by atoms with E-state index in [0.29, 0.717) is 30.5 Å². The highest BCUT2D eigenvalue weighted by atomic mass is 35.5. The molecule has 2 heterocycles. The van der Waals surface area contributed by atoms with E-state index in [1.165, 1.54) is 25.0 Å². The molecule has 6 heteroatoms. The Morgan fingerprint density at radius 1 is 1.27 bits per heavy atom. The van der Waals surface area contributed by atoms with Gasteiger partial charge in [0.25, 0.3) is 5.91 Å². The normalized spacial score (nSPS) is 26.4. The lowest BCUT2D eigenvalue weighted by molar-refractivity contribution is -0.139. The number of aromatic hydroxyl groups is 1. The number of piperidine rings is 2. The lowest BCUT2D eigenvalue weighted by atomic mass is 9.73. The van der Waals surface area contributed by atoms with Crippen molar-refractivity contribution < 1.29 is 14.7 Å². The standard InChI is InChI=1S/C20H25ClN2O3/c21-15-4-5-17(24)16(10-15)19(26)22-9-1-7-20(12-22)8-6-18(25)23(13-20)11-14-2-3-14/h4-5,10,14,24H,1-3,6-9,11-13H2/t20-/m0/s1. The van der Waals surface area contributed by atoms with E-state index in [4.69, 9.17) is 11.6 Å². The van der Waals surface area contributed by atoms with Gasteiger partial charge in [0, 0.05) is 43.0 Å². The molecular formula is C20H25ClN2O3. The Morgan fingerprint density at radius 2 is 2.08 bits per heavy atom. The number of carbonyl (C=O) groups is 2. The van der Waals surface area contributed by atoms with Gasteiger partial charge in [-0.1, -0.05) is 11.6 Å². The average molecular weight is 377 g/mol. The van der Waals surface area contributed by atoms with Crippen LogP contribution in [0.5, 0.6) is 5.75 Å². The zero-order valence-corrected chi connectivity index (χ0v) is 15.7. The summed E-state index contributed by atoms with van der Waals surface area (Å²) in [6.45, 7) is 2.96. The van der Waals surface area contributed by atoms with Gasteiger partial charge in [-0.05, 0) is 56.2 Å². The number of phenols is 1. The van der Waals surface area contributed by atoms with Crippen LogP contribution in [0.4, 0.5) is 0 Å². The van der Waals surface area contributed by atoms with Crippen LogP contribution in [0.25, 0.3) is 0 Å². The first-order valence-electron chi connectivity index (χ1n) is 9.51. The van der Waals surface area contributed by atoms with Gasteiger partial charge in [0.15, 0.2) is 0 Å². The Kier molecular flexibility index (Phi) is 4.59. The second-order valence-electron chi connectivity index (χ2n) is 8.21. The highest BCUT2D eigenvalue weighted by Gasteiger charge is 2.44. The molecule has 1 saturated carbocycles. The predicted molar refractivity (Wildman–Crippen MR) is 99.2 cm³/mol. The topological polar surface area (TPSA) is 60.9 Å². The fraction of sp³-hybridized carbons (Fsp3) is 0.600. The van der Waals surface area contributed by atoms with Gasteiger partial charge in [-0.25, -0.2) is 0 Å². The minimum atomic E-state index is -0.172. The smallest absolute Gasteiger partial charge is 0.257 e. The van der Waals surface area contributed by atoms with Gasteiger partial charge in [0.1, 0.15) is 5.75 Å². The van der Waals surface area contributed by atoms with E-state index in [1.54, 1.807) is 6.07 Å². The van der Waals surface area contributed by atoms with Crippen molar-refractivity contribution in [1.29, 1.82) is 0 Å². The molecule has 4 rings (SSSR count). The van der Waals surface area contributed by atoms with Crippen LogP contribution in [0.2, 0.25) is 5.02 Å². The molecule has 26 heavy (non-hydrogen) atoms. The number of hydrogen-bond acceptors (Lipinski definition) is 3. The third kappa shape index (κ3) is 3.54. The number of amides is 2. The van der Waals surface area contributed by atoms with Crippen molar-refractivity contribution in [3.63, 3.8) is 0 Å². The van der Waals surface area contributed by atoms with Gasteiger partial charge in [-0.3, -0.25) is 9.59 Å². The van der Waals surface area contributed by atoms with Crippen molar-refractivity contribution in [2.24, 2.45) is 11.3 Å². The molecular weight excluding hydrogens is 352 g/mol. The number of hydrogen-bond donors (Lipinski definition) is 1. The van der Waals surface area contributed by atoms with Crippen molar-refractivity contribution in [3.8, 4) is 5.75 Å². The minimum Gasteiger partial charge on any atom is -0.507 e. The van der Waals surface area contributed by atoms with Crippen LogP contribution in [-0.4, -0.2) is 52.9 Å². The molecule has 5 nitrogen and oxygen atoms in total. The quantitative estimate of drug-likeness (QED) is 0.880. The number of benzene rings is 1. The zero-order chi connectivity index (χ0) is 18.3. The van der Waals surface area contributed by atoms with Crippen LogP contribution in [0, 0.1) is 11.3 Å². The van der Waals surface area contributed by atoms with Crippen molar-refractivity contribution in [3.05, 3.63) is 28.8 Å². The van der Waals surface area contributed by atoms with Crippen LogP contribution in [-0.2, 0) is 4.79 Å². The summed E-state index contributed by atoms with van der Waals surface area (Å²) in [7, 11) is 0. The van der Waals surface area contributed by atoms with Crippen molar-refractivity contribution >= 4 is 23.4 Å². The van der Waals surface area contributed by atoms with Crippen LogP contribution >= 0.6 is 11.6 Å². The molecule has 3 fully saturated rings. The summed E-state index contributed by atoms with van der Waals surface area (Å²) in [5.74, 6) is 0.736. The van der Waals surface area contributed by atoms with E-state index in [9.17, 15) is 14.7 Å². The van der Waals surface area contributed by atoms with E-state index in [0.717, 1.165) is 32.4 Å². The molecule has 0 bridgehead atoms. The van der Waals surface area contributed by atoms with Gasteiger partial charge in [0.2, 0.25) is 5.91 Å². The molecule has 0 unspecified atom stereocenters. The molecule has 140 valence electrons. The van der Waals surface area contributed by atoms with E-state index >= 15 is 0 Å². The van der Waals surface area contributed by atoms with Gasteiger partial charge >= 0.3 is 0 Å². The second-order valence-corrected chi connectivity index (χ2v) is 8.65. The predicted octanol–water partition coefficient (Wildman–Crippen LogP) is 3.30. The first-order valence-corrected chi connectivity index (χ1v) is 9.89. The van der Waals surface area contributed by atoms with Crippen LogP contribution < -0.4 is 0 Å². The monoisotopic (exact) mass is 376 g/mol. The summed E-state index contributed by atoms with van der Waals surface area (Å²) in [5.41, 5.74) is 0.251. The average Bonchev–Trinajstić information content (AvgIpc) is 3.44.